The van der Waals surface area contributed by atoms with E-state index in [1.807, 2.05) is 37.3 Å². The summed E-state index contributed by atoms with van der Waals surface area (Å²) in [6.45, 7) is 7.02. The monoisotopic (exact) mass is 570 g/mol. The molecule has 3 aromatic rings. The molecule has 2 amide bonds. The first-order valence-electron chi connectivity index (χ1n) is 12.8. The first kappa shape index (κ1) is 29.4. The van der Waals surface area contributed by atoms with Crippen LogP contribution in [0.3, 0.4) is 0 Å². The highest BCUT2D eigenvalue weighted by Crippen LogP contribution is 2.26. The summed E-state index contributed by atoms with van der Waals surface area (Å²) in [4.78, 5) is 35.2. The van der Waals surface area contributed by atoms with E-state index in [1.165, 1.54) is 29.2 Å². The van der Waals surface area contributed by atoms with Crippen molar-refractivity contribution in [3.05, 3.63) is 65.9 Å². The van der Waals surface area contributed by atoms with Crippen LogP contribution in [-0.4, -0.2) is 66.1 Å². The summed E-state index contributed by atoms with van der Waals surface area (Å²) in [5.41, 5.74) is 1.87. The van der Waals surface area contributed by atoms with Crippen LogP contribution in [0.1, 0.15) is 38.4 Å². The van der Waals surface area contributed by atoms with Gasteiger partial charge in [0.15, 0.2) is 5.60 Å². The highest BCUT2D eigenvalue weighted by Gasteiger charge is 2.50. The van der Waals surface area contributed by atoms with Gasteiger partial charge in [0.25, 0.3) is 5.91 Å². The zero-order valence-electron chi connectivity index (χ0n) is 22.9. The van der Waals surface area contributed by atoms with Gasteiger partial charge in [-0.15, -0.1) is 0 Å². The number of pyridine rings is 1. The zero-order chi connectivity index (χ0) is 29.1. The number of aromatic nitrogens is 1. The lowest BCUT2D eigenvalue weighted by molar-refractivity contribution is -0.172. The van der Waals surface area contributed by atoms with Crippen molar-refractivity contribution in [2.45, 2.75) is 62.9 Å². The Balaban J connectivity index is 1.47. The normalized spacial score (nSPS) is 19.8. The molecule has 1 fully saturated rings. The van der Waals surface area contributed by atoms with E-state index in [-0.39, 0.29) is 24.5 Å². The van der Waals surface area contributed by atoms with Gasteiger partial charge >= 0.3 is 0 Å². The topological polar surface area (TPSA) is 147 Å². The molecule has 0 saturated carbocycles. The second kappa shape index (κ2) is 11.5. The number of ether oxygens (including phenoxy) is 1. The average Bonchev–Trinajstić information content (AvgIpc) is 2.91. The first-order chi connectivity index (χ1) is 18.8. The number of carbonyl (C=O) groups excluding carboxylic acids is 2. The van der Waals surface area contributed by atoms with Crippen LogP contribution in [-0.2, 0) is 31.1 Å². The van der Waals surface area contributed by atoms with Crippen molar-refractivity contribution in [3.63, 3.8) is 0 Å². The number of nitrogens with zero attached hydrogens (tertiary/aromatic N) is 2. The third-order valence-electron chi connectivity index (χ3n) is 6.47. The molecule has 0 aliphatic carbocycles. The molecular formula is C28H34N4O7S. The van der Waals surface area contributed by atoms with Crippen molar-refractivity contribution in [2.75, 3.05) is 13.1 Å². The first-order valence-corrected chi connectivity index (χ1v) is 14.3. The molecule has 0 spiro atoms. The highest BCUT2D eigenvalue weighted by atomic mass is 32.2. The van der Waals surface area contributed by atoms with Crippen LogP contribution in [0.4, 0.5) is 0 Å². The van der Waals surface area contributed by atoms with E-state index in [9.17, 15) is 23.1 Å². The van der Waals surface area contributed by atoms with E-state index >= 15 is 0 Å². The summed E-state index contributed by atoms with van der Waals surface area (Å²) < 4.78 is 34.8. The van der Waals surface area contributed by atoms with E-state index in [4.69, 9.17) is 9.57 Å². The predicted molar refractivity (Wildman–Crippen MR) is 148 cm³/mol. The number of aryl methyl sites for hydroxylation is 1. The molecule has 214 valence electrons. The third-order valence-corrected chi connectivity index (χ3v) is 7.96. The maximum atomic E-state index is 13.2. The van der Waals surface area contributed by atoms with Gasteiger partial charge in [-0.2, -0.15) is 0 Å². The molecular weight excluding hydrogens is 536 g/mol. The lowest BCUT2D eigenvalue weighted by Gasteiger charge is -2.42. The van der Waals surface area contributed by atoms with Crippen molar-refractivity contribution < 1.29 is 32.7 Å². The largest absolute Gasteiger partial charge is 0.489 e. The van der Waals surface area contributed by atoms with Crippen LogP contribution in [0, 0.1) is 6.92 Å². The number of hydrogen-bond donors (Lipinski definition) is 3. The van der Waals surface area contributed by atoms with Gasteiger partial charge in [-0.05, 0) is 70.5 Å². The van der Waals surface area contributed by atoms with Gasteiger partial charge in [0.05, 0.1) is 28.6 Å². The molecule has 12 heteroatoms. The molecule has 2 atom stereocenters. The van der Waals surface area contributed by atoms with Crippen LogP contribution in [0.15, 0.2) is 59.5 Å². The second-order valence-electron chi connectivity index (χ2n) is 10.8. The summed E-state index contributed by atoms with van der Waals surface area (Å²) in [6.07, 6.45) is 0.514. The van der Waals surface area contributed by atoms with Crippen LogP contribution in [0.5, 0.6) is 5.75 Å². The molecule has 2 aromatic carbocycles. The molecule has 11 nitrogen and oxygen atoms in total. The Morgan fingerprint density at radius 3 is 2.58 bits per heavy atom. The summed E-state index contributed by atoms with van der Waals surface area (Å²) in [5.74, 6) is -0.490. The number of rotatable bonds is 9. The number of aliphatic hydroxyl groups is 1. The number of para-hydroxylation sites is 1. The van der Waals surface area contributed by atoms with Gasteiger partial charge < -0.3 is 14.7 Å². The molecule has 3 N–H and O–H groups in total. The molecule has 1 aliphatic rings. The fourth-order valence-corrected chi connectivity index (χ4v) is 5.76. The fraction of sp³-hybridized carbons (Fsp3) is 0.393. The fourth-order valence-electron chi connectivity index (χ4n) is 4.44. The Labute approximate surface area is 233 Å². The van der Waals surface area contributed by atoms with E-state index in [1.54, 1.807) is 20.8 Å². The molecule has 4 rings (SSSR count). The van der Waals surface area contributed by atoms with Gasteiger partial charge in [-0.25, -0.2) is 18.6 Å². The predicted octanol–water partition coefficient (Wildman–Crippen LogP) is 2.21. The molecule has 1 aliphatic heterocycles. The smallest absolute Gasteiger partial charge is 0.279 e. The van der Waals surface area contributed by atoms with E-state index < -0.39 is 39.7 Å². The number of hydroxylamine groups is 1. The minimum absolute atomic E-state index is 0.0118. The minimum atomic E-state index is -4.15. The van der Waals surface area contributed by atoms with Crippen molar-refractivity contribution >= 4 is 33.2 Å². The van der Waals surface area contributed by atoms with Crippen molar-refractivity contribution in [1.82, 2.24) is 20.1 Å². The second-order valence-corrected chi connectivity index (χ2v) is 12.5. The van der Waals surface area contributed by atoms with Crippen LogP contribution in [0.25, 0.3) is 10.9 Å². The number of piperidine rings is 1. The van der Waals surface area contributed by atoms with Gasteiger partial charge in [-0.3, -0.25) is 19.4 Å². The lowest BCUT2D eigenvalue weighted by atomic mass is 9.87. The van der Waals surface area contributed by atoms with Crippen LogP contribution >= 0.6 is 0 Å². The number of β-amino-alcohol motifs (C(OH)–C–C–N with tert-alkyl or cyclic N) is 1. The molecule has 1 saturated heterocycles. The summed E-state index contributed by atoms with van der Waals surface area (Å²) in [6, 6.07) is 14.3. The van der Waals surface area contributed by atoms with E-state index in [0.717, 1.165) is 22.2 Å². The van der Waals surface area contributed by atoms with Crippen molar-refractivity contribution in [1.29, 1.82) is 0 Å². The third kappa shape index (κ3) is 6.76. The Morgan fingerprint density at radius 2 is 1.90 bits per heavy atom. The zero-order valence-corrected chi connectivity index (χ0v) is 23.7. The summed E-state index contributed by atoms with van der Waals surface area (Å²) in [7, 11) is -4.15. The molecule has 40 heavy (non-hydrogen) atoms. The summed E-state index contributed by atoms with van der Waals surface area (Å²) >= 11 is 0. The number of nitrogens with one attached hydrogen (secondary N) is 2. The molecule has 2 heterocycles. The molecule has 0 unspecified atom stereocenters. The quantitative estimate of drug-likeness (QED) is 0.262. The number of carbonyl (C=O) groups is 2. The number of sulfonamides is 1. The molecule has 0 radical (unpaired) electrons. The van der Waals surface area contributed by atoms with Crippen molar-refractivity contribution in [2.24, 2.45) is 0 Å². The maximum absolute atomic E-state index is 13.2. The number of fused-ring (bicyclic) bond motifs is 1. The van der Waals surface area contributed by atoms with Crippen LogP contribution < -0.4 is 14.9 Å². The van der Waals surface area contributed by atoms with Crippen molar-refractivity contribution in [3.8, 4) is 5.75 Å². The molecule has 1 aromatic heterocycles. The Bertz CT molecular complexity index is 1490. The number of benzene rings is 2. The standard InChI is InChI=1S/C28H34N4O7S/c1-19-15-20(23-7-5-6-8-24(23)29-19)16-38-21-9-11-22(12-10-21)40(36,37)31-25-13-14-32(18-33)17-28(25,35)26(34)30-39-27(2,3)4/h5-12,15,18,25,31,35H,13-14,16-17H2,1-4H3,(H,30,34)/t25-,28-/m1/s1. The lowest BCUT2D eigenvalue weighted by Crippen LogP contribution is -2.68. The number of hydrogen-bond acceptors (Lipinski definition) is 8. The van der Waals surface area contributed by atoms with E-state index in [2.05, 4.69) is 15.2 Å². The maximum Gasteiger partial charge on any atom is 0.279 e. The van der Waals surface area contributed by atoms with Crippen LogP contribution in [0.2, 0.25) is 0 Å². The highest BCUT2D eigenvalue weighted by molar-refractivity contribution is 7.89. The number of amides is 2. The Morgan fingerprint density at radius 1 is 1.20 bits per heavy atom. The summed E-state index contributed by atoms with van der Waals surface area (Å²) in [5, 5.41) is 12.3. The van der Waals surface area contributed by atoms with Gasteiger partial charge in [-0.1, -0.05) is 18.2 Å². The van der Waals surface area contributed by atoms with Gasteiger partial charge in [0.2, 0.25) is 16.4 Å². The average molecular weight is 571 g/mol. The Hall–Kier alpha value is -3.58. The SMILES string of the molecule is Cc1cc(COc2ccc(S(=O)(=O)N[C@@H]3CCN(C=O)C[C@]3(O)C(=O)NOC(C)(C)C)cc2)c2ccccc2n1. The Kier molecular flexibility index (Phi) is 8.45. The number of likely N-dealkylation sites (tertiary alicyclic amines) is 1. The van der Waals surface area contributed by atoms with Gasteiger partial charge in [0, 0.05) is 23.2 Å². The molecule has 0 bridgehead atoms. The minimum Gasteiger partial charge on any atom is -0.489 e. The van der Waals surface area contributed by atoms with Gasteiger partial charge in [0.1, 0.15) is 12.4 Å². The van der Waals surface area contributed by atoms with E-state index in [0.29, 0.717) is 12.2 Å².